The molecule has 2 amide bonds. The number of carboxylic acid groups (broad SMARTS) is 3. The molecule has 0 saturated carbocycles. The first-order chi connectivity index (χ1) is 20.0. The van der Waals surface area contributed by atoms with E-state index in [0.717, 1.165) is 38.7 Å². The number of anilines is 1. The lowest BCUT2D eigenvalue weighted by Crippen LogP contribution is -2.71. The number of carboxylic acids is 3. The molecular weight excluding hydrogens is 618 g/mol. The van der Waals surface area contributed by atoms with E-state index < -0.39 is 47.0 Å². The number of β-lactam (4-membered cyclic amide) rings is 1. The molecule has 0 radical (unpaired) electrons. The van der Waals surface area contributed by atoms with Gasteiger partial charge in [-0.2, -0.15) is 9.50 Å². The van der Waals surface area contributed by atoms with Crippen molar-refractivity contribution in [2.45, 2.75) is 16.4 Å². The molecular formula is C21H17N9O9S3. The third-order valence-corrected chi connectivity index (χ3v) is 9.00. The highest BCUT2D eigenvalue weighted by atomic mass is 32.2. The van der Waals surface area contributed by atoms with Crippen molar-refractivity contribution < 1.29 is 44.1 Å². The molecule has 0 bridgehead atoms. The zero-order valence-electron chi connectivity index (χ0n) is 20.9. The summed E-state index contributed by atoms with van der Waals surface area (Å²) >= 11 is 3.13. The van der Waals surface area contributed by atoms with E-state index in [9.17, 15) is 39.3 Å². The average molecular weight is 636 g/mol. The van der Waals surface area contributed by atoms with E-state index in [1.807, 2.05) is 0 Å². The van der Waals surface area contributed by atoms with E-state index in [2.05, 4.69) is 30.5 Å². The fourth-order valence-electron chi connectivity index (χ4n) is 4.04. The number of fused-ring (bicyclic) bond motifs is 2. The maximum absolute atomic E-state index is 13.1. The summed E-state index contributed by atoms with van der Waals surface area (Å²) < 4.78 is 0.951. The van der Waals surface area contributed by atoms with Gasteiger partial charge in [0.05, 0.1) is 0 Å². The average Bonchev–Trinajstić information content (AvgIpc) is 3.58. The van der Waals surface area contributed by atoms with Crippen molar-refractivity contribution in [2.75, 3.05) is 24.3 Å². The second-order valence-electron chi connectivity index (χ2n) is 8.33. The molecule has 3 aromatic rings. The predicted octanol–water partition coefficient (Wildman–Crippen LogP) is -0.559. The molecule has 1 saturated heterocycles. The van der Waals surface area contributed by atoms with Gasteiger partial charge in [0, 0.05) is 23.1 Å². The Morgan fingerprint density at radius 2 is 1.98 bits per heavy atom. The zero-order chi connectivity index (χ0) is 30.3. The van der Waals surface area contributed by atoms with Gasteiger partial charge in [-0.1, -0.05) is 5.16 Å². The minimum Gasteiger partial charge on any atom is -0.478 e. The molecule has 18 nitrogen and oxygen atoms in total. The molecule has 5 heterocycles. The number of oxime groups is 1. The van der Waals surface area contributed by atoms with Crippen LogP contribution in [0.5, 0.6) is 0 Å². The first-order valence-corrected chi connectivity index (χ1v) is 14.3. The number of hydrogen-bond donors (Lipinski definition) is 5. The fraction of sp³-hybridized carbons (Fsp3) is 0.238. The Morgan fingerprint density at radius 1 is 1.21 bits per heavy atom. The number of nitrogens with two attached hydrogens (primary N) is 1. The van der Waals surface area contributed by atoms with Crippen LogP contribution in [0.3, 0.4) is 0 Å². The van der Waals surface area contributed by atoms with Crippen LogP contribution >= 0.6 is 34.9 Å². The van der Waals surface area contributed by atoms with E-state index in [1.54, 1.807) is 0 Å². The highest BCUT2D eigenvalue weighted by Crippen LogP contribution is 2.42. The van der Waals surface area contributed by atoms with Gasteiger partial charge in [0.25, 0.3) is 23.4 Å². The summed E-state index contributed by atoms with van der Waals surface area (Å²) in [6.07, 6.45) is 0.992. The zero-order valence-corrected chi connectivity index (χ0v) is 23.4. The Morgan fingerprint density at radius 3 is 2.60 bits per heavy atom. The molecule has 0 unspecified atom stereocenters. The van der Waals surface area contributed by atoms with Gasteiger partial charge in [0.1, 0.15) is 40.5 Å². The van der Waals surface area contributed by atoms with Crippen LogP contribution < -0.4 is 11.1 Å². The van der Waals surface area contributed by atoms with E-state index in [1.165, 1.54) is 24.3 Å². The van der Waals surface area contributed by atoms with Crippen molar-refractivity contribution in [3.8, 4) is 0 Å². The lowest BCUT2D eigenvalue weighted by atomic mass is 10.0. The fourth-order valence-corrected chi connectivity index (χ4v) is 7.16. The van der Waals surface area contributed by atoms with Crippen molar-refractivity contribution in [3.05, 3.63) is 39.9 Å². The maximum atomic E-state index is 13.1. The molecule has 5 rings (SSSR count). The van der Waals surface area contributed by atoms with Crippen LogP contribution in [-0.4, -0.2) is 110 Å². The third kappa shape index (κ3) is 5.07. The first kappa shape index (κ1) is 28.8. The SMILES string of the molecule is CO/N=C(\C(=O)N[C@@H]1C(=O)N2C(C(=O)O)=C(CSc3c(C(=O)O)cnc4nc(C(=O)O)nn34)CS[C@H]12)c1csc(N)n1. The van der Waals surface area contributed by atoms with Gasteiger partial charge in [0.15, 0.2) is 10.8 Å². The summed E-state index contributed by atoms with van der Waals surface area (Å²) in [7, 11) is 1.23. The van der Waals surface area contributed by atoms with Gasteiger partial charge >= 0.3 is 17.9 Å². The highest BCUT2D eigenvalue weighted by Gasteiger charge is 2.54. The van der Waals surface area contributed by atoms with E-state index in [0.29, 0.717) is 0 Å². The molecule has 0 aliphatic carbocycles. The van der Waals surface area contributed by atoms with Crippen molar-refractivity contribution in [1.29, 1.82) is 0 Å². The maximum Gasteiger partial charge on any atom is 0.375 e. The van der Waals surface area contributed by atoms with Crippen molar-refractivity contribution >= 4 is 81.2 Å². The quantitative estimate of drug-likeness (QED) is 0.0614. The van der Waals surface area contributed by atoms with Crippen LogP contribution in [0.1, 0.15) is 26.7 Å². The Bertz CT molecular complexity index is 1730. The second kappa shape index (κ2) is 11.3. The number of hydrogen-bond acceptors (Lipinski definition) is 15. The topological polar surface area (TPSA) is 265 Å². The van der Waals surface area contributed by atoms with Crippen LogP contribution in [-0.2, 0) is 19.2 Å². The Kier molecular flexibility index (Phi) is 7.71. The summed E-state index contributed by atoms with van der Waals surface area (Å²) in [5.41, 5.74) is 5.20. The molecule has 3 aromatic heterocycles. The van der Waals surface area contributed by atoms with Gasteiger partial charge in [-0.3, -0.25) is 14.5 Å². The van der Waals surface area contributed by atoms with E-state index in [4.69, 9.17) is 10.6 Å². The Labute approximate surface area is 245 Å². The summed E-state index contributed by atoms with van der Waals surface area (Å²) in [5, 5.41) is 39.7. The number of thiazole rings is 1. The van der Waals surface area contributed by atoms with Crippen LogP contribution in [0, 0.1) is 0 Å². The van der Waals surface area contributed by atoms with E-state index in [-0.39, 0.29) is 55.7 Å². The predicted molar refractivity (Wildman–Crippen MR) is 145 cm³/mol. The molecule has 42 heavy (non-hydrogen) atoms. The Balaban J connectivity index is 1.38. The van der Waals surface area contributed by atoms with Gasteiger partial charge in [0.2, 0.25) is 0 Å². The summed E-state index contributed by atoms with van der Waals surface area (Å²) in [6.45, 7) is 0. The number of nitrogen functional groups attached to an aromatic ring is 1. The standard InChI is InChI=1S/C21H17N9O9S3/c1-39-28-9(8-5-42-20(22)24-8)13(31)25-10-14(32)29-11(18(35)36)6(4-41-16(10)29)3-40-15-7(17(33)34)2-23-21-26-12(19(37)38)27-30(15)21/h2,5,10,16H,3-4H2,1H3,(H2,22,24)(H,25,31)(H,33,34)(H,35,36)(H,37,38)/b28-9-/t10-,16-/m1/s1. The summed E-state index contributed by atoms with van der Waals surface area (Å²) in [5.74, 6) is -6.45. The van der Waals surface area contributed by atoms with E-state index >= 15 is 0 Å². The van der Waals surface area contributed by atoms with Crippen molar-refractivity contribution in [3.63, 3.8) is 0 Å². The molecule has 2 atom stereocenters. The minimum atomic E-state index is -1.45. The number of amides is 2. The van der Waals surface area contributed by atoms with Crippen LogP contribution in [0.4, 0.5) is 5.13 Å². The highest BCUT2D eigenvalue weighted by molar-refractivity contribution is 8.01. The summed E-state index contributed by atoms with van der Waals surface area (Å²) in [6, 6.07) is -1.08. The largest absolute Gasteiger partial charge is 0.478 e. The first-order valence-electron chi connectivity index (χ1n) is 11.4. The summed E-state index contributed by atoms with van der Waals surface area (Å²) in [4.78, 5) is 78.8. The smallest absolute Gasteiger partial charge is 0.375 e. The molecule has 1 fully saturated rings. The van der Waals surface area contributed by atoms with Crippen molar-refractivity contribution in [2.24, 2.45) is 5.16 Å². The van der Waals surface area contributed by atoms with Gasteiger partial charge in [-0.25, -0.2) is 24.4 Å². The van der Waals surface area contributed by atoms with Gasteiger partial charge in [-0.05, 0) is 5.57 Å². The van der Waals surface area contributed by atoms with Crippen molar-refractivity contribution in [1.82, 2.24) is 34.8 Å². The number of nitrogens with one attached hydrogen (secondary N) is 1. The van der Waals surface area contributed by atoms with Crippen LogP contribution in [0.15, 0.2) is 33.0 Å². The molecule has 2 aliphatic heterocycles. The molecule has 6 N–H and O–H groups in total. The third-order valence-electron chi connectivity index (χ3n) is 5.83. The lowest BCUT2D eigenvalue weighted by molar-refractivity contribution is -0.150. The number of aromatic nitrogens is 5. The van der Waals surface area contributed by atoms with Gasteiger partial charge in [-0.15, -0.1) is 40.0 Å². The molecule has 218 valence electrons. The minimum absolute atomic E-state index is 0.0374. The molecule has 0 aromatic carbocycles. The van der Waals surface area contributed by atoms with Crippen LogP contribution in [0.2, 0.25) is 0 Å². The monoisotopic (exact) mass is 635 g/mol. The lowest BCUT2D eigenvalue weighted by Gasteiger charge is -2.49. The van der Waals surface area contributed by atoms with Gasteiger partial charge < -0.3 is 31.2 Å². The number of aromatic carboxylic acids is 2. The number of thioether (sulfide) groups is 2. The number of rotatable bonds is 10. The number of nitrogens with zero attached hydrogens (tertiary/aromatic N) is 7. The Hall–Kier alpha value is -4.76. The second-order valence-corrected chi connectivity index (χ2v) is 11.3. The normalized spacial score (nSPS) is 18.5. The molecule has 2 aliphatic rings. The number of carbonyl (C=O) groups excluding carboxylic acids is 2. The van der Waals surface area contributed by atoms with Crippen LogP contribution in [0.25, 0.3) is 5.78 Å². The molecule has 0 spiro atoms. The number of aliphatic carboxylic acids is 1. The molecule has 21 heteroatoms. The number of carbonyl (C=O) groups is 5.